The van der Waals surface area contributed by atoms with Crippen LogP contribution in [-0.4, -0.2) is 16.5 Å². The maximum atomic E-state index is 5.24. The van der Waals surface area contributed by atoms with Gasteiger partial charge in [0.2, 0.25) is 0 Å². The van der Waals surface area contributed by atoms with Gasteiger partial charge in [0.05, 0.1) is 12.8 Å². The van der Waals surface area contributed by atoms with Crippen molar-refractivity contribution in [2.75, 3.05) is 7.11 Å². The van der Waals surface area contributed by atoms with E-state index in [0.717, 1.165) is 28.0 Å². The highest BCUT2D eigenvalue weighted by Gasteiger charge is 2.04. The molecule has 0 aliphatic heterocycles. The number of pyridine rings is 1. The molecule has 0 aliphatic rings. The Morgan fingerprint density at radius 1 is 1.26 bits per heavy atom. The molecular weight excluding hydrogens is 304 g/mol. The molecule has 2 aromatic heterocycles. The highest BCUT2D eigenvalue weighted by atomic mass is 79.9. The third-order valence-electron chi connectivity index (χ3n) is 2.99. The largest absolute Gasteiger partial charge is 0.497 e. The van der Waals surface area contributed by atoms with E-state index in [-0.39, 0.29) is 0 Å². The molecule has 0 N–H and O–H groups in total. The van der Waals surface area contributed by atoms with Crippen molar-refractivity contribution in [3.8, 4) is 5.75 Å². The SMILES string of the molecule is COc1cccc(Cc2cn3ccc(Br)cc3n2)c1. The number of methoxy groups -OCH3 is 1. The van der Waals surface area contributed by atoms with Crippen molar-refractivity contribution in [3.05, 3.63) is 64.5 Å². The van der Waals surface area contributed by atoms with Crippen LogP contribution in [-0.2, 0) is 6.42 Å². The molecule has 0 radical (unpaired) electrons. The smallest absolute Gasteiger partial charge is 0.138 e. The zero-order valence-corrected chi connectivity index (χ0v) is 12.1. The highest BCUT2D eigenvalue weighted by molar-refractivity contribution is 9.10. The number of benzene rings is 1. The molecule has 0 amide bonds. The first-order valence-corrected chi connectivity index (χ1v) is 6.80. The van der Waals surface area contributed by atoms with Crippen molar-refractivity contribution in [2.45, 2.75) is 6.42 Å². The van der Waals surface area contributed by atoms with Crippen molar-refractivity contribution in [1.29, 1.82) is 0 Å². The molecule has 0 saturated heterocycles. The second-order valence-electron chi connectivity index (χ2n) is 4.37. The maximum Gasteiger partial charge on any atom is 0.138 e. The Morgan fingerprint density at radius 2 is 2.16 bits per heavy atom. The summed E-state index contributed by atoms with van der Waals surface area (Å²) in [6.45, 7) is 0. The van der Waals surface area contributed by atoms with Crippen LogP contribution in [0, 0.1) is 0 Å². The third-order valence-corrected chi connectivity index (χ3v) is 3.48. The first-order valence-electron chi connectivity index (χ1n) is 6.01. The van der Waals surface area contributed by atoms with Crippen LogP contribution in [0.15, 0.2) is 53.3 Å². The summed E-state index contributed by atoms with van der Waals surface area (Å²) in [6, 6.07) is 12.1. The van der Waals surface area contributed by atoms with Crippen molar-refractivity contribution >= 4 is 21.6 Å². The number of imidazole rings is 1. The summed E-state index contributed by atoms with van der Waals surface area (Å²) in [7, 11) is 1.68. The monoisotopic (exact) mass is 316 g/mol. The van der Waals surface area contributed by atoms with Gasteiger partial charge in [-0.25, -0.2) is 4.98 Å². The van der Waals surface area contributed by atoms with Crippen molar-refractivity contribution in [2.24, 2.45) is 0 Å². The van der Waals surface area contributed by atoms with E-state index in [0.29, 0.717) is 0 Å². The lowest BCUT2D eigenvalue weighted by Crippen LogP contribution is -1.89. The van der Waals surface area contributed by atoms with Crippen LogP contribution >= 0.6 is 15.9 Å². The molecule has 4 heteroatoms. The molecule has 19 heavy (non-hydrogen) atoms. The average Bonchev–Trinajstić information content (AvgIpc) is 2.80. The maximum absolute atomic E-state index is 5.24. The minimum atomic E-state index is 0.802. The molecule has 2 heterocycles. The zero-order chi connectivity index (χ0) is 13.2. The van der Waals surface area contributed by atoms with E-state index in [2.05, 4.69) is 33.2 Å². The zero-order valence-electron chi connectivity index (χ0n) is 10.5. The second-order valence-corrected chi connectivity index (χ2v) is 5.29. The number of rotatable bonds is 3. The quantitative estimate of drug-likeness (QED) is 0.736. The molecule has 3 aromatic rings. The lowest BCUT2D eigenvalue weighted by atomic mass is 10.1. The number of fused-ring (bicyclic) bond motifs is 1. The number of hydrogen-bond donors (Lipinski definition) is 0. The number of halogens is 1. The van der Waals surface area contributed by atoms with Crippen LogP contribution in [0.25, 0.3) is 5.65 Å². The molecule has 0 saturated carbocycles. The molecular formula is C15H13BrN2O. The fraction of sp³-hybridized carbons (Fsp3) is 0.133. The van der Waals surface area contributed by atoms with Gasteiger partial charge < -0.3 is 9.14 Å². The van der Waals surface area contributed by atoms with Gasteiger partial charge in [-0.2, -0.15) is 0 Å². The Kier molecular flexibility index (Phi) is 3.25. The summed E-state index contributed by atoms with van der Waals surface area (Å²) < 4.78 is 8.30. The Morgan fingerprint density at radius 3 is 3.00 bits per heavy atom. The van der Waals surface area contributed by atoms with Gasteiger partial charge in [-0.3, -0.25) is 0 Å². The van der Waals surface area contributed by atoms with E-state index >= 15 is 0 Å². The van der Waals surface area contributed by atoms with Gasteiger partial charge >= 0.3 is 0 Å². The number of hydrogen-bond acceptors (Lipinski definition) is 2. The molecule has 96 valence electrons. The average molecular weight is 317 g/mol. The van der Waals surface area contributed by atoms with Crippen molar-refractivity contribution < 1.29 is 4.74 Å². The van der Waals surface area contributed by atoms with E-state index in [1.54, 1.807) is 7.11 Å². The van der Waals surface area contributed by atoms with Crippen molar-refractivity contribution in [3.63, 3.8) is 0 Å². The molecule has 0 aliphatic carbocycles. The predicted molar refractivity (Wildman–Crippen MR) is 78.7 cm³/mol. The molecule has 3 nitrogen and oxygen atoms in total. The molecule has 0 unspecified atom stereocenters. The summed E-state index contributed by atoms with van der Waals surface area (Å²) in [5.74, 6) is 0.879. The fourth-order valence-electron chi connectivity index (χ4n) is 2.09. The third kappa shape index (κ3) is 2.63. The summed E-state index contributed by atoms with van der Waals surface area (Å²) >= 11 is 3.46. The van der Waals surface area contributed by atoms with Crippen LogP contribution in [0.2, 0.25) is 0 Å². The number of ether oxygens (including phenoxy) is 1. The van der Waals surface area contributed by atoms with Crippen LogP contribution in [0.5, 0.6) is 5.75 Å². The topological polar surface area (TPSA) is 26.5 Å². The Bertz CT molecular complexity index is 721. The molecule has 0 bridgehead atoms. The van der Waals surface area contributed by atoms with Crippen LogP contribution < -0.4 is 4.74 Å². The fourth-order valence-corrected chi connectivity index (χ4v) is 2.41. The van der Waals surface area contributed by atoms with E-state index in [1.807, 2.05) is 40.9 Å². The van der Waals surface area contributed by atoms with Crippen LogP contribution in [0.3, 0.4) is 0 Å². The van der Waals surface area contributed by atoms with Gasteiger partial charge in [0.1, 0.15) is 11.4 Å². The van der Waals surface area contributed by atoms with Gasteiger partial charge in [0, 0.05) is 23.3 Å². The van der Waals surface area contributed by atoms with E-state index in [9.17, 15) is 0 Å². The highest BCUT2D eigenvalue weighted by Crippen LogP contribution is 2.18. The number of aromatic nitrogens is 2. The number of nitrogens with zero attached hydrogens (tertiary/aromatic N) is 2. The minimum Gasteiger partial charge on any atom is -0.497 e. The van der Waals surface area contributed by atoms with E-state index < -0.39 is 0 Å². The predicted octanol–water partition coefficient (Wildman–Crippen LogP) is 3.70. The van der Waals surface area contributed by atoms with Gasteiger partial charge in [-0.15, -0.1) is 0 Å². The van der Waals surface area contributed by atoms with Gasteiger partial charge in [0.25, 0.3) is 0 Å². The summed E-state index contributed by atoms with van der Waals surface area (Å²) in [5.41, 5.74) is 3.19. The molecule has 0 atom stereocenters. The van der Waals surface area contributed by atoms with E-state index in [4.69, 9.17) is 4.74 Å². The van der Waals surface area contributed by atoms with Crippen LogP contribution in [0.1, 0.15) is 11.3 Å². The molecule has 0 spiro atoms. The first-order chi connectivity index (χ1) is 9.24. The van der Waals surface area contributed by atoms with Gasteiger partial charge in [-0.1, -0.05) is 28.1 Å². The van der Waals surface area contributed by atoms with Crippen LogP contribution in [0.4, 0.5) is 0 Å². The Labute approximate surface area is 120 Å². The minimum absolute atomic E-state index is 0.802. The summed E-state index contributed by atoms with van der Waals surface area (Å²) in [4.78, 5) is 4.62. The van der Waals surface area contributed by atoms with Gasteiger partial charge in [0.15, 0.2) is 0 Å². The standard InChI is InChI=1S/C15H13BrN2O/c1-19-14-4-2-3-11(8-14)7-13-10-18-6-5-12(16)9-15(18)17-13/h2-6,8-10H,7H2,1H3. The second kappa shape index (κ2) is 5.05. The lowest BCUT2D eigenvalue weighted by Gasteiger charge is -2.02. The summed E-state index contributed by atoms with van der Waals surface area (Å²) in [5, 5.41) is 0. The normalized spacial score (nSPS) is 10.8. The van der Waals surface area contributed by atoms with Gasteiger partial charge in [-0.05, 0) is 29.8 Å². The Balaban J connectivity index is 1.92. The summed E-state index contributed by atoms with van der Waals surface area (Å²) in [6.07, 6.45) is 4.86. The van der Waals surface area contributed by atoms with Crippen molar-refractivity contribution in [1.82, 2.24) is 9.38 Å². The first kappa shape index (κ1) is 12.2. The lowest BCUT2D eigenvalue weighted by molar-refractivity contribution is 0.414. The Hall–Kier alpha value is -1.81. The molecule has 1 aromatic carbocycles. The molecule has 3 rings (SSSR count). The molecule has 0 fully saturated rings. The van der Waals surface area contributed by atoms with E-state index in [1.165, 1.54) is 5.56 Å².